The minimum Gasteiger partial charge on any atom is -0.370 e. The summed E-state index contributed by atoms with van der Waals surface area (Å²) < 4.78 is 10.1. The number of piperidine rings is 1. The zero-order chi connectivity index (χ0) is 22.5. The first-order chi connectivity index (χ1) is 15.3. The van der Waals surface area contributed by atoms with Crippen LogP contribution in [0, 0.1) is 13.8 Å². The van der Waals surface area contributed by atoms with Crippen molar-refractivity contribution in [3.63, 3.8) is 0 Å². The topological polar surface area (TPSA) is 94.3 Å². The predicted molar refractivity (Wildman–Crippen MR) is 117 cm³/mol. The minimum absolute atomic E-state index is 0.0908. The molecule has 0 bridgehead atoms. The highest BCUT2D eigenvalue weighted by molar-refractivity contribution is 5.94. The van der Waals surface area contributed by atoms with Crippen LogP contribution in [0.4, 0.5) is 0 Å². The number of hydrogen-bond acceptors (Lipinski definition) is 5. The van der Waals surface area contributed by atoms with Gasteiger partial charge < -0.3 is 15.0 Å². The van der Waals surface area contributed by atoms with Crippen LogP contribution in [0.25, 0.3) is 0 Å². The van der Waals surface area contributed by atoms with Gasteiger partial charge in [-0.25, -0.2) is 0 Å². The molecule has 2 amide bonds. The van der Waals surface area contributed by atoms with Crippen molar-refractivity contribution in [2.24, 2.45) is 7.05 Å². The number of hydrogen-bond donors (Lipinski definition) is 1. The lowest BCUT2D eigenvalue weighted by molar-refractivity contribution is -0.141. The Bertz CT molecular complexity index is 1040. The van der Waals surface area contributed by atoms with Gasteiger partial charge in [0.1, 0.15) is 0 Å². The van der Waals surface area contributed by atoms with Gasteiger partial charge >= 0.3 is 0 Å². The quantitative estimate of drug-likeness (QED) is 0.763. The molecule has 0 atom stereocenters. The molecule has 1 N–H and O–H groups in total. The number of aryl methyl sites for hydroxylation is 4. The highest BCUT2D eigenvalue weighted by Gasteiger charge is 2.42. The Labute approximate surface area is 188 Å². The van der Waals surface area contributed by atoms with Gasteiger partial charge in [-0.05, 0) is 45.6 Å². The lowest BCUT2D eigenvalue weighted by atomic mass is 9.83. The highest BCUT2D eigenvalue weighted by atomic mass is 16.5. The average Bonchev–Trinajstić information content (AvgIpc) is 3.44. The van der Waals surface area contributed by atoms with Gasteiger partial charge in [-0.15, -0.1) is 0 Å². The van der Waals surface area contributed by atoms with Crippen molar-refractivity contribution >= 4 is 11.8 Å². The second kappa shape index (κ2) is 8.03. The zero-order valence-corrected chi connectivity index (χ0v) is 19.2. The fourth-order valence-corrected chi connectivity index (χ4v) is 4.97. The summed E-state index contributed by atoms with van der Waals surface area (Å²) in [6.45, 7) is 6.39. The minimum atomic E-state index is -0.280. The summed E-state index contributed by atoms with van der Waals surface area (Å²) in [6, 6.07) is 2.34. The van der Waals surface area contributed by atoms with Gasteiger partial charge in [0.05, 0.1) is 17.9 Å². The van der Waals surface area contributed by atoms with Gasteiger partial charge in [0.15, 0.2) is 5.69 Å². The van der Waals surface area contributed by atoms with Crippen molar-refractivity contribution < 1.29 is 14.3 Å². The first-order valence-corrected chi connectivity index (χ1v) is 11.6. The molecule has 2 aromatic heterocycles. The molecule has 1 saturated heterocycles. The van der Waals surface area contributed by atoms with E-state index >= 15 is 0 Å². The molecule has 5 rings (SSSR count). The van der Waals surface area contributed by atoms with E-state index in [1.807, 2.05) is 41.2 Å². The number of rotatable bonds is 5. The van der Waals surface area contributed by atoms with Crippen molar-refractivity contribution in [2.45, 2.75) is 77.2 Å². The zero-order valence-electron chi connectivity index (χ0n) is 19.2. The molecule has 172 valence electrons. The fourth-order valence-electron chi connectivity index (χ4n) is 4.97. The maximum Gasteiger partial charge on any atom is 0.272 e. The number of amides is 2. The Morgan fingerprint density at radius 1 is 1.22 bits per heavy atom. The van der Waals surface area contributed by atoms with Crippen LogP contribution in [0.2, 0.25) is 0 Å². The molecule has 1 spiro atoms. The van der Waals surface area contributed by atoms with Crippen molar-refractivity contribution in [1.82, 2.24) is 29.8 Å². The second-order valence-corrected chi connectivity index (χ2v) is 9.57. The number of ether oxygens (including phenoxy) is 1. The van der Waals surface area contributed by atoms with Crippen LogP contribution in [0.5, 0.6) is 0 Å². The molecule has 2 fully saturated rings. The number of aromatic nitrogens is 4. The van der Waals surface area contributed by atoms with Crippen molar-refractivity contribution in [1.29, 1.82) is 0 Å². The third kappa shape index (κ3) is 4.05. The lowest BCUT2D eigenvalue weighted by Gasteiger charge is -2.44. The summed E-state index contributed by atoms with van der Waals surface area (Å²) in [5.41, 5.74) is 4.28. The van der Waals surface area contributed by atoms with E-state index in [-0.39, 0.29) is 17.4 Å². The molecule has 1 aliphatic carbocycles. The Morgan fingerprint density at radius 3 is 2.62 bits per heavy atom. The number of carbonyl (C=O) groups excluding carboxylic acids is 2. The van der Waals surface area contributed by atoms with Gasteiger partial charge in [-0.1, -0.05) is 0 Å². The molecule has 1 saturated carbocycles. The maximum atomic E-state index is 12.8. The normalized spacial score (nSPS) is 19.8. The summed E-state index contributed by atoms with van der Waals surface area (Å²) in [7, 11) is 1.91. The van der Waals surface area contributed by atoms with Crippen molar-refractivity contribution in [3.05, 3.63) is 34.4 Å². The Balaban J connectivity index is 1.19. The monoisotopic (exact) mass is 440 g/mol. The standard InChI is InChI=1S/C23H32N6O3/c1-15-12-16(2)29(25-15)9-6-20(30)28-10-7-23(8-11-28)13-19-18(14-32-23)21(26-27(19)3)22(31)24-17-4-5-17/h12,17H,4-11,13-14H2,1-3H3,(H,24,31). The molecule has 2 aromatic rings. The first kappa shape index (κ1) is 21.2. The largest absolute Gasteiger partial charge is 0.370 e. The van der Waals surface area contributed by atoms with E-state index in [9.17, 15) is 9.59 Å². The van der Waals surface area contributed by atoms with Crippen LogP contribution >= 0.6 is 0 Å². The van der Waals surface area contributed by atoms with Crippen LogP contribution in [0.1, 0.15) is 65.2 Å². The van der Waals surface area contributed by atoms with Crippen LogP contribution in [-0.4, -0.2) is 61.0 Å². The van der Waals surface area contributed by atoms with Crippen molar-refractivity contribution in [2.75, 3.05) is 13.1 Å². The molecular weight excluding hydrogens is 408 g/mol. The SMILES string of the molecule is Cc1cc(C)n(CCC(=O)N2CCC3(CC2)Cc2c(c(C(=O)NC4CC4)nn2C)CO3)n1. The summed E-state index contributed by atoms with van der Waals surface area (Å²) in [6.07, 6.45) is 4.89. The van der Waals surface area contributed by atoms with Crippen LogP contribution in [0.3, 0.4) is 0 Å². The number of nitrogens with one attached hydrogen (secondary N) is 1. The molecular formula is C23H32N6O3. The average molecular weight is 441 g/mol. The maximum absolute atomic E-state index is 12.8. The third-order valence-corrected chi connectivity index (χ3v) is 7.08. The second-order valence-electron chi connectivity index (χ2n) is 9.57. The third-order valence-electron chi connectivity index (χ3n) is 7.08. The molecule has 4 heterocycles. The molecule has 0 aromatic carbocycles. The van der Waals surface area contributed by atoms with E-state index in [1.165, 1.54) is 0 Å². The van der Waals surface area contributed by atoms with Crippen LogP contribution in [0.15, 0.2) is 6.07 Å². The number of carbonyl (C=O) groups is 2. The molecule has 3 aliphatic rings. The number of likely N-dealkylation sites (tertiary alicyclic amines) is 1. The molecule has 9 heteroatoms. The van der Waals surface area contributed by atoms with E-state index in [1.54, 1.807) is 0 Å². The van der Waals surface area contributed by atoms with Crippen LogP contribution < -0.4 is 5.32 Å². The van der Waals surface area contributed by atoms with E-state index in [0.29, 0.717) is 44.4 Å². The number of fused-ring (bicyclic) bond motifs is 1. The van der Waals surface area contributed by atoms with Gasteiger partial charge in [-0.3, -0.25) is 19.0 Å². The molecule has 0 unspecified atom stereocenters. The summed E-state index contributed by atoms with van der Waals surface area (Å²) in [5, 5.41) is 12.0. The smallest absolute Gasteiger partial charge is 0.272 e. The number of nitrogens with zero attached hydrogens (tertiary/aromatic N) is 5. The highest BCUT2D eigenvalue weighted by Crippen LogP contribution is 2.37. The molecule has 0 radical (unpaired) electrons. The van der Waals surface area contributed by atoms with Gasteiger partial charge in [0.2, 0.25) is 5.91 Å². The van der Waals surface area contributed by atoms with Gasteiger partial charge in [0, 0.05) is 62.5 Å². The molecule has 9 nitrogen and oxygen atoms in total. The summed E-state index contributed by atoms with van der Waals surface area (Å²) >= 11 is 0. The van der Waals surface area contributed by atoms with Gasteiger partial charge in [0.25, 0.3) is 5.91 Å². The van der Waals surface area contributed by atoms with E-state index in [2.05, 4.69) is 15.5 Å². The molecule has 2 aliphatic heterocycles. The Morgan fingerprint density at radius 2 is 1.97 bits per heavy atom. The van der Waals surface area contributed by atoms with E-state index in [0.717, 1.165) is 54.7 Å². The predicted octanol–water partition coefficient (Wildman–Crippen LogP) is 1.65. The van der Waals surface area contributed by atoms with Gasteiger partial charge in [-0.2, -0.15) is 10.2 Å². The Hall–Kier alpha value is -2.68. The lowest BCUT2D eigenvalue weighted by Crippen LogP contribution is -2.50. The van der Waals surface area contributed by atoms with Crippen LogP contribution in [-0.2, 0) is 36.2 Å². The Kier molecular flexibility index (Phi) is 5.31. The van der Waals surface area contributed by atoms with E-state index in [4.69, 9.17) is 4.74 Å². The van der Waals surface area contributed by atoms with E-state index < -0.39 is 0 Å². The fraction of sp³-hybridized carbons (Fsp3) is 0.652. The molecule has 32 heavy (non-hydrogen) atoms. The summed E-state index contributed by atoms with van der Waals surface area (Å²) in [5.74, 6) is 0.0791. The first-order valence-electron chi connectivity index (χ1n) is 11.6. The van der Waals surface area contributed by atoms with Crippen molar-refractivity contribution in [3.8, 4) is 0 Å². The summed E-state index contributed by atoms with van der Waals surface area (Å²) in [4.78, 5) is 27.3.